The lowest BCUT2D eigenvalue weighted by Crippen LogP contribution is -2.26. The van der Waals surface area contributed by atoms with E-state index in [2.05, 4.69) is 0 Å². The minimum atomic E-state index is -0.612. The van der Waals surface area contributed by atoms with E-state index in [0.29, 0.717) is 24.5 Å². The first-order valence-corrected chi connectivity index (χ1v) is 14.5. The Labute approximate surface area is 242 Å². The third-order valence-electron chi connectivity index (χ3n) is 7.93. The first-order valence-electron chi connectivity index (χ1n) is 14.5. The number of rotatable bonds is 16. The van der Waals surface area contributed by atoms with E-state index in [-0.39, 0.29) is 67.5 Å². The zero-order valence-electron chi connectivity index (χ0n) is 24.1. The van der Waals surface area contributed by atoms with Crippen LogP contribution in [-0.4, -0.2) is 65.2 Å². The van der Waals surface area contributed by atoms with E-state index >= 15 is 0 Å². The number of phenols is 2. The maximum atomic E-state index is 13.5. The number of hydrogen-bond donors (Lipinski definition) is 4. The van der Waals surface area contributed by atoms with E-state index in [1.54, 1.807) is 24.3 Å². The molecule has 0 saturated heterocycles. The zero-order valence-corrected chi connectivity index (χ0v) is 24.1. The molecule has 0 spiro atoms. The minimum Gasteiger partial charge on any atom is -0.504 e. The Bertz CT molecular complexity index is 1130. The van der Waals surface area contributed by atoms with E-state index in [9.17, 15) is 24.9 Å². The highest BCUT2D eigenvalue weighted by Gasteiger charge is 2.32. The van der Waals surface area contributed by atoms with Gasteiger partial charge in [0.1, 0.15) is 18.5 Å². The summed E-state index contributed by atoms with van der Waals surface area (Å²) in [4.78, 5) is 25.4. The van der Waals surface area contributed by atoms with Crippen LogP contribution in [0.2, 0.25) is 0 Å². The molecule has 3 rings (SSSR count). The van der Waals surface area contributed by atoms with Crippen molar-refractivity contribution in [3.05, 3.63) is 47.5 Å². The van der Waals surface area contributed by atoms with Crippen molar-refractivity contribution in [2.75, 3.05) is 26.9 Å². The van der Waals surface area contributed by atoms with Gasteiger partial charge in [-0.2, -0.15) is 0 Å². The van der Waals surface area contributed by atoms with Crippen LogP contribution in [0.4, 0.5) is 0 Å². The summed E-state index contributed by atoms with van der Waals surface area (Å²) in [6.07, 6.45) is 5.35. The molecule has 0 bridgehead atoms. The molecule has 9 nitrogen and oxygen atoms in total. The van der Waals surface area contributed by atoms with Crippen molar-refractivity contribution in [2.24, 2.45) is 11.8 Å². The fourth-order valence-electron chi connectivity index (χ4n) is 5.96. The normalized spacial score (nSPS) is 18.3. The minimum absolute atomic E-state index is 0.0183. The second-order valence-corrected chi connectivity index (χ2v) is 10.9. The van der Waals surface area contributed by atoms with Gasteiger partial charge >= 0.3 is 5.97 Å². The van der Waals surface area contributed by atoms with Crippen LogP contribution in [-0.2, 0) is 20.7 Å². The molecule has 0 amide bonds. The summed E-state index contributed by atoms with van der Waals surface area (Å²) in [5.41, 5.74) is 1.76. The average molecular weight is 573 g/mol. The first kappa shape index (κ1) is 32.2. The van der Waals surface area contributed by atoms with Gasteiger partial charge in [-0.15, -0.1) is 0 Å². The SMILES string of the molecule is COc1cc([C@H](CC(=O)C[C@@H](CCc2ccc(O)c(OCCO)c2)OC(C)=O)[C@@H]2CCC[C@H](CCO)C2)ccc1O. The summed E-state index contributed by atoms with van der Waals surface area (Å²) < 4.78 is 16.3. The molecule has 9 heteroatoms. The monoisotopic (exact) mass is 572 g/mol. The highest BCUT2D eigenvalue weighted by atomic mass is 16.5. The number of esters is 1. The van der Waals surface area contributed by atoms with Crippen LogP contribution >= 0.6 is 0 Å². The molecule has 1 aliphatic carbocycles. The second kappa shape index (κ2) is 16.2. The fourth-order valence-corrected chi connectivity index (χ4v) is 5.96. The highest BCUT2D eigenvalue weighted by Crippen LogP contribution is 2.43. The summed E-state index contributed by atoms with van der Waals surface area (Å²) >= 11 is 0. The number of hydrogen-bond acceptors (Lipinski definition) is 9. The van der Waals surface area contributed by atoms with Crippen molar-refractivity contribution >= 4 is 11.8 Å². The number of phenolic OH excluding ortho intramolecular Hbond substituents is 2. The molecule has 0 radical (unpaired) electrons. The van der Waals surface area contributed by atoms with Crippen LogP contribution in [0.15, 0.2) is 36.4 Å². The number of aryl methyl sites for hydroxylation is 1. The van der Waals surface area contributed by atoms with Crippen molar-refractivity contribution < 1.29 is 44.2 Å². The Balaban J connectivity index is 1.74. The van der Waals surface area contributed by atoms with Crippen LogP contribution in [0.5, 0.6) is 23.0 Å². The largest absolute Gasteiger partial charge is 0.504 e. The topological polar surface area (TPSA) is 143 Å². The van der Waals surface area contributed by atoms with Crippen LogP contribution < -0.4 is 9.47 Å². The number of carbonyl (C=O) groups is 2. The van der Waals surface area contributed by atoms with Crippen LogP contribution in [0, 0.1) is 11.8 Å². The van der Waals surface area contributed by atoms with Gasteiger partial charge in [-0.05, 0) is 85.3 Å². The molecule has 41 heavy (non-hydrogen) atoms. The van der Waals surface area contributed by atoms with Crippen LogP contribution in [0.25, 0.3) is 0 Å². The Morgan fingerprint density at radius 1 is 0.976 bits per heavy atom. The van der Waals surface area contributed by atoms with Gasteiger partial charge in [0.15, 0.2) is 23.0 Å². The number of carbonyl (C=O) groups excluding carboxylic acids is 2. The maximum Gasteiger partial charge on any atom is 0.302 e. The van der Waals surface area contributed by atoms with Gasteiger partial charge in [0, 0.05) is 26.4 Å². The third kappa shape index (κ3) is 9.93. The van der Waals surface area contributed by atoms with Gasteiger partial charge in [-0.25, -0.2) is 0 Å². The molecule has 0 heterocycles. The predicted octanol–water partition coefficient (Wildman–Crippen LogP) is 4.66. The molecule has 4 atom stereocenters. The quantitative estimate of drug-likeness (QED) is 0.211. The molecule has 226 valence electrons. The number of Topliss-reactive ketones (excluding diaryl/α,β-unsaturated/α-hetero) is 1. The smallest absolute Gasteiger partial charge is 0.302 e. The summed E-state index contributed by atoms with van der Waals surface area (Å²) in [6.45, 7) is 1.35. The number of benzene rings is 2. The van der Waals surface area contributed by atoms with Gasteiger partial charge in [0.25, 0.3) is 0 Å². The average Bonchev–Trinajstić information content (AvgIpc) is 2.95. The zero-order chi connectivity index (χ0) is 29.8. The van der Waals surface area contributed by atoms with E-state index in [1.807, 2.05) is 6.07 Å². The third-order valence-corrected chi connectivity index (χ3v) is 7.93. The number of aliphatic hydroxyl groups excluding tert-OH is 2. The van der Waals surface area contributed by atoms with Crippen LogP contribution in [0.1, 0.15) is 75.3 Å². The number of ether oxygens (including phenoxy) is 3. The van der Waals surface area contributed by atoms with Gasteiger partial charge in [-0.1, -0.05) is 25.0 Å². The molecule has 0 unspecified atom stereocenters. The van der Waals surface area contributed by atoms with E-state index < -0.39 is 12.1 Å². The standard InChI is InChI=1S/C32H44O9/c1-21(35)41-27(9-6-23-7-10-30(38)32(17-23)40-15-14-34)19-26(36)20-28(24-5-3-4-22(16-24)12-13-33)25-8-11-29(37)31(18-25)39-2/h7-8,10-11,17-18,22,24,27-28,33-34,37-38H,3-6,9,12-16,19-20H2,1-2H3/t22-,24-,27-,28-/m1/s1. The van der Waals surface area contributed by atoms with Crippen LogP contribution in [0.3, 0.4) is 0 Å². The Kier molecular flexibility index (Phi) is 12.7. The van der Waals surface area contributed by atoms with E-state index in [4.69, 9.17) is 19.3 Å². The Morgan fingerprint density at radius 3 is 2.44 bits per heavy atom. The van der Waals surface area contributed by atoms with Crippen molar-refractivity contribution in [1.29, 1.82) is 0 Å². The fraction of sp³-hybridized carbons (Fsp3) is 0.562. The highest BCUT2D eigenvalue weighted by molar-refractivity contribution is 5.80. The Hall–Kier alpha value is -3.30. The van der Waals surface area contributed by atoms with Crippen molar-refractivity contribution in [2.45, 2.75) is 76.7 Å². The maximum absolute atomic E-state index is 13.5. The van der Waals surface area contributed by atoms with E-state index in [1.165, 1.54) is 20.1 Å². The summed E-state index contributed by atoms with van der Waals surface area (Å²) in [7, 11) is 1.50. The van der Waals surface area contributed by atoms with Gasteiger partial charge in [-0.3, -0.25) is 9.59 Å². The lowest BCUT2D eigenvalue weighted by molar-refractivity contribution is -0.147. The van der Waals surface area contributed by atoms with Gasteiger partial charge in [0.2, 0.25) is 0 Å². The molecule has 2 aromatic carbocycles. The molecule has 4 N–H and O–H groups in total. The predicted molar refractivity (Wildman–Crippen MR) is 153 cm³/mol. The van der Waals surface area contributed by atoms with Crippen molar-refractivity contribution in [3.63, 3.8) is 0 Å². The summed E-state index contributed by atoms with van der Waals surface area (Å²) in [5, 5.41) is 38.7. The molecular weight excluding hydrogens is 528 g/mol. The first-order chi connectivity index (χ1) is 19.7. The number of methoxy groups -OCH3 is 1. The lowest BCUT2D eigenvalue weighted by atomic mass is 9.70. The molecule has 1 aliphatic rings. The van der Waals surface area contributed by atoms with E-state index in [0.717, 1.165) is 43.2 Å². The molecule has 0 aromatic heterocycles. The molecule has 1 saturated carbocycles. The number of ketones is 1. The number of aromatic hydroxyl groups is 2. The molecular formula is C32H44O9. The van der Waals surface area contributed by atoms with Crippen molar-refractivity contribution in [3.8, 4) is 23.0 Å². The lowest BCUT2D eigenvalue weighted by Gasteiger charge is -2.35. The molecule has 2 aromatic rings. The Morgan fingerprint density at radius 2 is 1.73 bits per heavy atom. The summed E-state index contributed by atoms with van der Waals surface area (Å²) in [6, 6.07) is 10.2. The van der Waals surface area contributed by atoms with Crippen molar-refractivity contribution in [1.82, 2.24) is 0 Å². The molecule has 0 aliphatic heterocycles. The van der Waals surface area contributed by atoms with Gasteiger partial charge < -0.3 is 34.6 Å². The number of aliphatic hydroxyl groups is 2. The molecule has 1 fully saturated rings. The summed E-state index contributed by atoms with van der Waals surface area (Å²) in [5.74, 6) is 0.690. The van der Waals surface area contributed by atoms with Gasteiger partial charge in [0.05, 0.1) is 13.7 Å². The second-order valence-electron chi connectivity index (χ2n) is 10.9.